The van der Waals surface area contributed by atoms with E-state index in [1.54, 1.807) is 6.92 Å². The molecule has 1 atom stereocenters. The molecule has 1 N–H and O–H groups in total. The summed E-state index contributed by atoms with van der Waals surface area (Å²) >= 11 is 6.50. The number of rotatable bonds is 3. The summed E-state index contributed by atoms with van der Waals surface area (Å²) in [6.07, 6.45) is 0.795. The Hall–Kier alpha value is -2.64. The van der Waals surface area contributed by atoms with Crippen LogP contribution in [-0.4, -0.2) is 37.5 Å². The van der Waals surface area contributed by atoms with E-state index in [2.05, 4.69) is 74.1 Å². The second kappa shape index (κ2) is 7.80. The number of amides is 1. The highest BCUT2D eigenvalue weighted by molar-refractivity contribution is 6.31. The highest BCUT2D eigenvalue weighted by Gasteiger charge is 2.43. The Labute approximate surface area is 190 Å². The van der Waals surface area contributed by atoms with Crippen molar-refractivity contribution in [3.05, 3.63) is 58.1 Å². The van der Waals surface area contributed by atoms with Crippen molar-refractivity contribution in [1.29, 1.82) is 0 Å². The summed E-state index contributed by atoms with van der Waals surface area (Å²) in [7, 11) is 2.15. The third-order valence-electron chi connectivity index (χ3n) is 6.73. The third kappa shape index (κ3) is 3.77. The predicted molar refractivity (Wildman–Crippen MR) is 129 cm³/mol. The van der Waals surface area contributed by atoms with Gasteiger partial charge < -0.3 is 15.1 Å². The Balaban J connectivity index is 1.75. The molecule has 1 unspecified atom stereocenters. The molecular formula is C26H30ClN3O. The zero-order valence-corrected chi connectivity index (χ0v) is 19.7. The van der Waals surface area contributed by atoms with Gasteiger partial charge in [0.1, 0.15) is 0 Å². The molecule has 5 heteroatoms. The molecule has 1 fully saturated rings. The molecule has 2 heterocycles. The van der Waals surface area contributed by atoms with Gasteiger partial charge in [0.15, 0.2) is 0 Å². The Bertz CT molecular complexity index is 1100. The molecule has 31 heavy (non-hydrogen) atoms. The molecule has 0 aliphatic carbocycles. The van der Waals surface area contributed by atoms with Crippen molar-refractivity contribution in [1.82, 2.24) is 4.90 Å². The normalized spacial score (nSPS) is 21.5. The number of anilines is 2. The Morgan fingerprint density at radius 1 is 1.16 bits per heavy atom. The number of fused-ring (bicyclic) bond motifs is 1. The summed E-state index contributed by atoms with van der Waals surface area (Å²) in [5.41, 5.74) is 5.59. The van der Waals surface area contributed by atoms with Crippen LogP contribution in [0.15, 0.2) is 36.4 Å². The lowest BCUT2D eigenvalue weighted by Crippen LogP contribution is -2.40. The van der Waals surface area contributed by atoms with Crippen LogP contribution in [0.2, 0.25) is 5.02 Å². The Morgan fingerprint density at radius 3 is 2.68 bits per heavy atom. The van der Waals surface area contributed by atoms with Crippen LogP contribution in [0.5, 0.6) is 0 Å². The molecule has 162 valence electrons. The molecule has 1 amide bonds. The van der Waals surface area contributed by atoms with Gasteiger partial charge >= 0.3 is 0 Å². The number of nitrogens with one attached hydrogen (secondary N) is 1. The van der Waals surface area contributed by atoms with Crippen molar-refractivity contribution in [2.45, 2.75) is 45.1 Å². The fraction of sp³-hybridized carbons (Fsp3) is 0.423. The first-order chi connectivity index (χ1) is 14.7. The zero-order valence-electron chi connectivity index (χ0n) is 19.0. The molecule has 2 aliphatic heterocycles. The van der Waals surface area contributed by atoms with Crippen LogP contribution in [0.1, 0.15) is 43.9 Å². The van der Waals surface area contributed by atoms with Crippen molar-refractivity contribution < 1.29 is 4.79 Å². The van der Waals surface area contributed by atoms with Crippen LogP contribution in [0.3, 0.4) is 0 Å². The smallest absolute Gasteiger partial charge is 0.298 e. The largest absolute Gasteiger partial charge is 0.374 e. The van der Waals surface area contributed by atoms with Crippen LogP contribution in [-0.2, 0) is 15.7 Å². The maximum absolute atomic E-state index is 12.5. The van der Waals surface area contributed by atoms with Gasteiger partial charge in [-0.15, -0.1) is 0 Å². The van der Waals surface area contributed by atoms with E-state index in [1.807, 2.05) is 17.0 Å². The number of hydrogen-bond donors (Lipinski definition) is 1. The monoisotopic (exact) mass is 435 g/mol. The summed E-state index contributed by atoms with van der Waals surface area (Å²) in [5, 5.41) is 4.56. The minimum atomic E-state index is -0.416. The number of nitrogens with zero attached hydrogens (tertiary/aromatic N) is 2. The maximum atomic E-state index is 12.5. The molecule has 0 saturated carbocycles. The van der Waals surface area contributed by atoms with Gasteiger partial charge in [-0.3, -0.25) is 4.79 Å². The van der Waals surface area contributed by atoms with Gasteiger partial charge in [0.2, 0.25) is 0 Å². The van der Waals surface area contributed by atoms with Gasteiger partial charge in [0, 0.05) is 48.5 Å². The summed E-state index contributed by atoms with van der Waals surface area (Å²) in [6.45, 7) is 10.5. The van der Waals surface area contributed by atoms with Gasteiger partial charge in [0.25, 0.3) is 5.91 Å². The molecule has 0 aromatic heterocycles. The number of likely N-dealkylation sites (tertiary alicyclic amines) is 1. The molecule has 2 aliphatic rings. The van der Waals surface area contributed by atoms with Crippen LogP contribution in [0.4, 0.5) is 11.4 Å². The van der Waals surface area contributed by atoms with Crippen LogP contribution in [0.25, 0.3) is 0 Å². The van der Waals surface area contributed by atoms with Crippen molar-refractivity contribution in [2.75, 3.05) is 36.9 Å². The average molecular weight is 436 g/mol. The molecule has 4 rings (SSSR count). The summed E-state index contributed by atoms with van der Waals surface area (Å²) in [5.74, 6) is 5.30. The highest BCUT2D eigenvalue weighted by atomic mass is 35.5. The maximum Gasteiger partial charge on any atom is 0.298 e. The number of benzene rings is 2. The number of carbonyl (C=O) groups is 1. The molecule has 1 saturated heterocycles. The molecule has 0 spiro atoms. The molecule has 0 bridgehead atoms. The molecule has 4 nitrogen and oxygen atoms in total. The van der Waals surface area contributed by atoms with E-state index in [9.17, 15) is 4.79 Å². The minimum absolute atomic E-state index is 0.124. The lowest BCUT2D eigenvalue weighted by Gasteiger charge is -2.34. The molecule has 2 aromatic rings. The van der Waals surface area contributed by atoms with Crippen molar-refractivity contribution in [3.8, 4) is 11.8 Å². The van der Waals surface area contributed by atoms with Gasteiger partial charge in [-0.2, -0.15) is 0 Å². The summed E-state index contributed by atoms with van der Waals surface area (Å²) in [4.78, 5) is 16.7. The molecule has 2 aromatic carbocycles. The van der Waals surface area contributed by atoms with Crippen LogP contribution in [0, 0.1) is 18.8 Å². The van der Waals surface area contributed by atoms with E-state index in [-0.39, 0.29) is 11.3 Å². The lowest BCUT2D eigenvalue weighted by molar-refractivity contribution is -0.124. The number of halogens is 1. The first-order valence-corrected chi connectivity index (χ1v) is 11.2. The van der Waals surface area contributed by atoms with E-state index >= 15 is 0 Å². The Kier molecular flexibility index (Phi) is 5.43. The van der Waals surface area contributed by atoms with Crippen LogP contribution >= 0.6 is 11.6 Å². The molecule has 0 radical (unpaired) electrons. The zero-order chi connectivity index (χ0) is 22.4. The van der Waals surface area contributed by atoms with Crippen molar-refractivity contribution >= 4 is 28.9 Å². The van der Waals surface area contributed by atoms with E-state index in [4.69, 9.17) is 11.6 Å². The second-order valence-electron chi connectivity index (χ2n) is 9.44. The van der Waals surface area contributed by atoms with Crippen molar-refractivity contribution in [3.63, 3.8) is 0 Å². The van der Waals surface area contributed by atoms with Gasteiger partial charge in [-0.1, -0.05) is 49.6 Å². The average Bonchev–Trinajstić information content (AvgIpc) is 3.23. The van der Waals surface area contributed by atoms with Crippen LogP contribution < -0.4 is 10.2 Å². The fourth-order valence-corrected chi connectivity index (χ4v) is 5.40. The molecular weight excluding hydrogens is 406 g/mol. The number of likely N-dealkylation sites (N-methyl/N-ethyl adjacent to an activating group) is 1. The summed E-state index contributed by atoms with van der Waals surface area (Å²) in [6, 6.07) is 12.7. The van der Waals surface area contributed by atoms with Gasteiger partial charge in [-0.05, 0) is 61.1 Å². The third-order valence-corrected chi connectivity index (χ3v) is 7.14. The standard InChI is InChI=1S/C26H30ClN3O/c1-6-8-24(31)30-14-13-26(17-30,20-9-7-10-22(27)18(20)2)28-19-11-12-21-23(15-19)29(5)16-25(21,3)4/h7,9-12,15,28H,13-14,16-17H2,1-5H3. The highest BCUT2D eigenvalue weighted by Crippen LogP contribution is 2.43. The van der Waals surface area contributed by atoms with E-state index in [0.29, 0.717) is 13.1 Å². The summed E-state index contributed by atoms with van der Waals surface area (Å²) < 4.78 is 0. The number of carbonyl (C=O) groups excluding carboxylic acids is 1. The second-order valence-corrected chi connectivity index (χ2v) is 9.85. The number of hydrogen-bond acceptors (Lipinski definition) is 3. The topological polar surface area (TPSA) is 35.6 Å². The van der Waals surface area contributed by atoms with E-state index < -0.39 is 5.54 Å². The quantitative estimate of drug-likeness (QED) is 0.693. The first-order valence-electron chi connectivity index (χ1n) is 10.8. The van der Waals surface area contributed by atoms with Crippen molar-refractivity contribution in [2.24, 2.45) is 0 Å². The first kappa shape index (κ1) is 21.6. The Morgan fingerprint density at radius 2 is 1.94 bits per heavy atom. The van der Waals surface area contributed by atoms with Gasteiger partial charge in [0.05, 0.1) is 5.54 Å². The fourth-order valence-electron chi connectivity index (χ4n) is 5.22. The minimum Gasteiger partial charge on any atom is -0.374 e. The van der Waals surface area contributed by atoms with E-state index in [0.717, 1.165) is 34.8 Å². The van der Waals surface area contributed by atoms with E-state index in [1.165, 1.54) is 11.3 Å². The van der Waals surface area contributed by atoms with Gasteiger partial charge in [-0.25, -0.2) is 0 Å². The lowest BCUT2D eigenvalue weighted by atomic mass is 9.84. The SMILES string of the molecule is CC#CC(=O)N1CCC(Nc2ccc3c(c2)N(C)CC3(C)C)(c2cccc(Cl)c2C)C1. The predicted octanol–water partition coefficient (Wildman–Crippen LogP) is 4.94.